The summed E-state index contributed by atoms with van der Waals surface area (Å²) in [6.07, 6.45) is 4.14. The van der Waals surface area contributed by atoms with Crippen LogP contribution < -0.4 is 5.32 Å². The van der Waals surface area contributed by atoms with Crippen molar-refractivity contribution in [2.24, 2.45) is 0 Å². The van der Waals surface area contributed by atoms with Crippen LogP contribution in [0.5, 0.6) is 0 Å². The molecule has 0 saturated carbocycles. The Hall–Kier alpha value is -1.91. The van der Waals surface area contributed by atoms with E-state index in [9.17, 15) is 8.42 Å². The van der Waals surface area contributed by atoms with Crippen molar-refractivity contribution < 1.29 is 8.42 Å². The summed E-state index contributed by atoms with van der Waals surface area (Å²) in [4.78, 5) is 0.779. The predicted molar refractivity (Wildman–Crippen MR) is 80.8 cm³/mol. The predicted octanol–water partition coefficient (Wildman–Crippen LogP) is 3.08. The molecule has 2 heterocycles. The second-order valence-corrected chi connectivity index (χ2v) is 7.50. The maximum Gasteiger partial charge on any atom is 0.206 e. The minimum absolute atomic E-state index is 0.0152. The van der Waals surface area contributed by atoms with Gasteiger partial charge in [0.2, 0.25) is 9.84 Å². The molecule has 2 atom stereocenters. The van der Waals surface area contributed by atoms with Crippen LogP contribution in [0.1, 0.15) is 28.8 Å². The van der Waals surface area contributed by atoms with Gasteiger partial charge in [0.1, 0.15) is 0 Å². The smallest absolute Gasteiger partial charge is 0.206 e. The summed E-state index contributed by atoms with van der Waals surface area (Å²) in [7, 11) is -3.48. The number of hydrogen-bond donors (Lipinski definition) is 1. The van der Waals surface area contributed by atoms with Crippen LogP contribution in [0.4, 0.5) is 0 Å². The highest BCUT2D eigenvalue weighted by molar-refractivity contribution is 7.91. The fraction of sp³-hybridized carbons (Fsp3) is 0.176. The summed E-state index contributed by atoms with van der Waals surface area (Å²) in [5.41, 5.74) is 3.04. The highest BCUT2D eigenvalue weighted by Crippen LogP contribution is 2.43. The van der Waals surface area contributed by atoms with Gasteiger partial charge in [-0.3, -0.25) is 5.32 Å². The fourth-order valence-electron chi connectivity index (χ4n) is 3.14. The summed E-state index contributed by atoms with van der Waals surface area (Å²) in [6.45, 7) is 1.95. The van der Waals surface area contributed by atoms with E-state index in [0.29, 0.717) is 9.79 Å². The van der Waals surface area contributed by atoms with Crippen LogP contribution in [-0.2, 0) is 9.84 Å². The summed E-state index contributed by atoms with van der Waals surface area (Å²) in [6, 6.07) is 12.7. The number of hydrogen-bond acceptors (Lipinski definition) is 3. The first kappa shape index (κ1) is 12.8. The minimum atomic E-state index is -3.48. The lowest BCUT2D eigenvalue weighted by molar-refractivity contribution is 0.593. The standard InChI is InChI=1S/C17H15NO2S/c1-11-5-7-12(8-6-11)21(19,20)16-4-2-3-13-14-9-10-15(18-14)17(13)16/h2-10,14-15,18H,1H3. The Morgan fingerprint density at radius 2 is 1.67 bits per heavy atom. The molecule has 2 unspecified atom stereocenters. The summed E-state index contributed by atoms with van der Waals surface area (Å²) >= 11 is 0. The lowest BCUT2D eigenvalue weighted by Gasteiger charge is -2.14. The van der Waals surface area contributed by atoms with Gasteiger partial charge >= 0.3 is 0 Å². The van der Waals surface area contributed by atoms with Crippen LogP contribution in [0.3, 0.4) is 0 Å². The largest absolute Gasteiger partial charge is 0.296 e. The van der Waals surface area contributed by atoms with Crippen molar-refractivity contribution in [3.63, 3.8) is 0 Å². The van der Waals surface area contributed by atoms with E-state index < -0.39 is 9.84 Å². The number of aryl methyl sites for hydroxylation is 1. The first-order valence-electron chi connectivity index (χ1n) is 6.96. The van der Waals surface area contributed by atoms with E-state index in [1.165, 1.54) is 0 Å². The van der Waals surface area contributed by atoms with Gasteiger partial charge in [0, 0.05) is 0 Å². The molecule has 0 amide bonds. The molecular formula is C17H15NO2S. The van der Waals surface area contributed by atoms with Crippen molar-refractivity contribution in [2.75, 3.05) is 0 Å². The summed E-state index contributed by atoms with van der Waals surface area (Å²) in [5.74, 6) is 0. The number of rotatable bonds is 2. The monoisotopic (exact) mass is 297 g/mol. The molecule has 0 fully saturated rings. The van der Waals surface area contributed by atoms with Crippen molar-refractivity contribution in [3.05, 3.63) is 71.3 Å². The molecule has 2 bridgehead atoms. The Labute approximate surface area is 124 Å². The van der Waals surface area contributed by atoms with Gasteiger partial charge in [0.25, 0.3) is 0 Å². The van der Waals surface area contributed by atoms with Gasteiger partial charge in [-0.05, 0) is 36.2 Å². The zero-order valence-electron chi connectivity index (χ0n) is 11.6. The van der Waals surface area contributed by atoms with E-state index in [2.05, 4.69) is 11.4 Å². The Balaban J connectivity index is 1.91. The number of nitrogens with one attached hydrogen (secondary N) is 1. The number of sulfone groups is 1. The first-order valence-corrected chi connectivity index (χ1v) is 8.44. The van der Waals surface area contributed by atoms with E-state index in [4.69, 9.17) is 0 Å². The molecule has 106 valence electrons. The Kier molecular flexibility index (Phi) is 2.62. The van der Waals surface area contributed by atoms with Crippen LogP contribution in [0.25, 0.3) is 0 Å². The lowest BCUT2D eigenvalue weighted by Crippen LogP contribution is -2.10. The molecular weight excluding hydrogens is 282 g/mol. The maximum atomic E-state index is 12.9. The molecule has 0 aromatic heterocycles. The molecule has 21 heavy (non-hydrogen) atoms. The van der Waals surface area contributed by atoms with Crippen LogP contribution in [0.2, 0.25) is 0 Å². The maximum absolute atomic E-state index is 12.9. The normalized spacial score (nSPS) is 22.5. The van der Waals surface area contributed by atoms with Gasteiger partial charge < -0.3 is 0 Å². The van der Waals surface area contributed by atoms with Crippen molar-refractivity contribution in [3.8, 4) is 0 Å². The third-order valence-electron chi connectivity index (χ3n) is 4.22. The van der Waals surface area contributed by atoms with Crippen molar-refractivity contribution in [2.45, 2.75) is 28.8 Å². The third kappa shape index (κ3) is 1.79. The number of fused-ring (bicyclic) bond motifs is 5. The van der Waals surface area contributed by atoms with Gasteiger partial charge in [-0.15, -0.1) is 0 Å². The first-order chi connectivity index (χ1) is 10.1. The van der Waals surface area contributed by atoms with Gasteiger partial charge in [-0.25, -0.2) is 8.42 Å². The van der Waals surface area contributed by atoms with E-state index in [0.717, 1.165) is 16.7 Å². The highest BCUT2D eigenvalue weighted by atomic mass is 32.2. The van der Waals surface area contributed by atoms with Crippen molar-refractivity contribution in [1.82, 2.24) is 5.32 Å². The molecule has 2 aliphatic rings. The van der Waals surface area contributed by atoms with E-state index in [1.807, 2.05) is 37.3 Å². The van der Waals surface area contributed by atoms with Crippen LogP contribution >= 0.6 is 0 Å². The molecule has 4 rings (SSSR count). The van der Waals surface area contributed by atoms with Crippen molar-refractivity contribution >= 4 is 9.84 Å². The fourth-order valence-corrected chi connectivity index (χ4v) is 4.68. The molecule has 2 aromatic rings. The molecule has 1 N–H and O–H groups in total. The average molecular weight is 297 g/mol. The van der Waals surface area contributed by atoms with Gasteiger partial charge in [-0.2, -0.15) is 0 Å². The van der Waals surface area contributed by atoms with Crippen LogP contribution in [0, 0.1) is 6.92 Å². The Bertz CT molecular complexity index is 851. The molecule has 0 saturated heterocycles. The van der Waals surface area contributed by atoms with Gasteiger partial charge in [-0.1, -0.05) is 42.0 Å². The summed E-state index contributed by atoms with van der Waals surface area (Å²) in [5, 5.41) is 3.39. The second kappa shape index (κ2) is 4.29. The van der Waals surface area contributed by atoms with Crippen molar-refractivity contribution in [1.29, 1.82) is 0 Å². The molecule has 3 nitrogen and oxygen atoms in total. The number of benzene rings is 2. The highest BCUT2D eigenvalue weighted by Gasteiger charge is 2.36. The zero-order chi connectivity index (χ0) is 14.6. The third-order valence-corrected chi connectivity index (χ3v) is 6.05. The van der Waals surface area contributed by atoms with Gasteiger partial charge in [0.15, 0.2) is 0 Å². The molecule has 0 spiro atoms. The zero-order valence-corrected chi connectivity index (χ0v) is 12.4. The quantitative estimate of drug-likeness (QED) is 0.867. The Morgan fingerprint density at radius 3 is 2.43 bits per heavy atom. The van der Waals surface area contributed by atoms with Crippen LogP contribution in [-0.4, -0.2) is 8.42 Å². The van der Waals surface area contributed by atoms with E-state index in [-0.39, 0.29) is 12.1 Å². The van der Waals surface area contributed by atoms with Crippen LogP contribution in [0.15, 0.2) is 64.4 Å². The van der Waals surface area contributed by atoms with E-state index >= 15 is 0 Å². The second-order valence-electron chi connectivity index (χ2n) is 5.58. The molecule has 2 aliphatic heterocycles. The SMILES string of the molecule is Cc1ccc(S(=O)(=O)c2cccc3c2C2C=CC3N2)cc1. The van der Waals surface area contributed by atoms with E-state index in [1.54, 1.807) is 18.2 Å². The average Bonchev–Trinajstić information content (AvgIpc) is 3.09. The minimum Gasteiger partial charge on any atom is -0.296 e. The Morgan fingerprint density at radius 1 is 0.952 bits per heavy atom. The molecule has 0 aliphatic carbocycles. The molecule has 4 heteroatoms. The molecule has 2 aromatic carbocycles. The lowest BCUT2D eigenvalue weighted by atomic mass is 9.97. The summed E-state index contributed by atoms with van der Waals surface area (Å²) < 4.78 is 25.9. The molecule has 0 radical (unpaired) electrons. The topological polar surface area (TPSA) is 46.2 Å². The van der Waals surface area contributed by atoms with Gasteiger partial charge in [0.05, 0.1) is 21.9 Å².